The van der Waals surface area contributed by atoms with Crippen LogP contribution in [0.4, 0.5) is 20.2 Å². The Morgan fingerprint density at radius 3 is 2.38 bits per heavy atom. The number of anilines is 2. The van der Waals surface area contributed by atoms with Gasteiger partial charge in [0.15, 0.2) is 0 Å². The highest BCUT2D eigenvalue weighted by Gasteiger charge is 2.36. The van der Waals surface area contributed by atoms with E-state index in [1.165, 1.54) is 24.3 Å². The first-order valence-electron chi connectivity index (χ1n) is 10.9. The van der Waals surface area contributed by atoms with Crippen LogP contribution in [0.1, 0.15) is 11.7 Å². The molecule has 0 saturated carbocycles. The van der Waals surface area contributed by atoms with Gasteiger partial charge in [-0.05, 0) is 54.1 Å². The van der Waals surface area contributed by atoms with Gasteiger partial charge in [0.2, 0.25) is 5.91 Å². The molecule has 0 radical (unpaired) electrons. The minimum atomic E-state index is -2.53. The lowest BCUT2D eigenvalue weighted by atomic mass is 10.1. The van der Waals surface area contributed by atoms with Crippen molar-refractivity contribution in [2.45, 2.75) is 16.8 Å². The lowest BCUT2D eigenvalue weighted by Gasteiger charge is -2.39. The van der Waals surface area contributed by atoms with E-state index in [0.717, 1.165) is 17.3 Å². The van der Waals surface area contributed by atoms with E-state index < -0.39 is 17.8 Å². The van der Waals surface area contributed by atoms with Crippen LogP contribution in [-0.2, 0) is 9.59 Å². The van der Waals surface area contributed by atoms with Crippen molar-refractivity contribution in [3.63, 3.8) is 0 Å². The molecule has 1 heterocycles. The van der Waals surface area contributed by atoms with Gasteiger partial charge in [-0.2, -0.15) is 14.0 Å². The molecule has 6 nitrogen and oxygen atoms in total. The lowest BCUT2D eigenvalue weighted by molar-refractivity contribution is -0.118. The molecule has 3 aromatic carbocycles. The van der Waals surface area contributed by atoms with Crippen LogP contribution in [0, 0.1) is 11.3 Å². The molecule has 4 rings (SSSR count). The first-order valence-corrected chi connectivity index (χ1v) is 13.1. The lowest BCUT2D eigenvalue weighted by Crippen LogP contribution is -2.46. The molecule has 188 valence electrons. The number of thioether (sulfide) groups is 2. The second-order valence-corrected chi connectivity index (χ2v) is 10.1. The molecule has 0 bridgehead atoms. The summed E-state index contributed by atoms with van der Waals surface area (Å²) in [6.45, 7) is 0. The van der Waals surface area contributed by atoms with Crippen molar-refractivity contribution in [1.82, 2.24) is 5.32 Å². The number of rotatable bonds is 8. The average Bonchev–Trinajstić information content (AvgIpc) is 2.89. The van der Waals surface area contributed by atoms with Gasteiger partial charge in [-0.3, -0.25) is 9.59 Å². The van der Waals surface area contributed by atoms with Gasteiger partial charge in [-0.15, -0.1) is 0 Å². The van der Waals surface area contributed by atoms with Crippen LogP contribution in [0.2, 0.25) is 5.02 Å². The summed E-state index contributed by atoms with van der Waals surface area (Å²) in [6, 6.07) is 24.2. The van der Waals surface area contributed by atoms with E-state index in [-0.39, 0.29) is 17.2 Å². The number of carbonyl (C=O) groups is 2. The van der Waals surface area contributed by atoms with Crippen LogP contribution in [0.3, 0.4) is 0 Å². The summed E-state index contributed by atoms with van der Waals surface area (Å²) in [5.41, 5.74) is 1.78. The molecule has 0 aromatic heterocycles. The van der Waals surface area contributed by atoms with Crippen molar-refractivity contribution in [3.8, 4) is 6.07 Å². The molecule has 2 amide bonds. The number of amides is 2. The number of carbonyl (C=O) groups excluding carboxylic acids is 2. The Balaban J connectivity index is 1.59. The molecule has 11 heteroatoms. The number of halogens is 3. The van der Waals surface area contributed by atoms with E-state index in [2.05, 4.69) is 10.6 Å². The third-order valence-electron chi connectivity index (χ3n) is 5.22. The molecule has 1 atom stereocenters. The molecule has 0 aliphatic carbocycles. The highest BCUT2D eigenvalue weighted by molar-refractivity contribution is 8.03. The first-order chi connectivity index (χ1) is 17.9. The molecule has 37 heavy (non-hydrogen) atoms. The largest absolute Gasteiger partial charge is 0.327 e. The van der Waals surface area contributed by atoms with Crippen molar-refractivity contribution in [1.29, 1.82) is 5.26 Å². The van der Waals surface area contributed by atoms with Crippen LogP contribution >= 0.6 is 35.1 Å². The molecule has 0 spiro atoms. The minimum Gasteiger partial charge on any atom is -0.327 e. The van der Waals surface area contributed by atoms with Gasteiger partial charge in [-0.25, -0.2) is 0 Å². The van der Waals surface area contributed by atoms with E-state index in [4.69, 9.17) is 11.6 Å². The second-order valence-electron chi connectivity index (χ2n) is 7.66. The van der Waals surface area contributed by atoms with Crippen LogP contribution in [0.5, 0.6) is 0 Å². The Kier molecular flexibility index (Phi) is 8.71. The minimum absolute atomic E-state index is 0.0992. The SMILES string of the molecule is N#CC1=C(SCC(=O)Nc2ccc(SC(F)F)cc2)N(c2ccccc2)[C@H](c2ccc(Cl)cc2)NC1=O. The van der Waals surface area contributed by atoms with Crippen molar-refractivity contribution in [2.75, 3.05) is 16.0 Å². The topological polar surface area (TPSA) is 85.2 Å². The van der Waals surface area contributed by atoms with Gasteiger partial charge < -0.3 is 15.5 Å². The number of hydrogen-bond acceptors (Lipinski definition) is 6. The number of benzene rings is 3. The molecule has 1 aliphatic heterocycles. The van der Waals surface area contributed by atoms with E-state index in [9.17, 15) is 23.6 Å². The zero-order valence-electron chi connectivity index (χ0n) is 19.0. The average molecular weight is 557 g/mol. The Hall–Kier alpha value is -3.52. The summed E-state index contributed by atoms with van der Waals surface area (Å²) in [4.78, 5) is 27.8. The van der Waals surface area contributed by atoms with Gasteiger partial charge in [0.05, 0.1) is 5.75 Å². The molecular formula is C26H19ClF2N4O2S2. The van der Waals surface area contributed by atoms with Gasteiger partial charge in [0.25, 0.3) is 11.7 Å². The number of para-hydroxylation sites is 1. The molecule has 0 saturated heterocycles. The van der Waals surface area contributed by atoms with Crippen LogP contribution in [-0.4, -0.2) is 23.3 Å². The molecule has 2 N–H and O–H groups in total. The van der Waals surface area contributed by atoms with Crippen molar-refractivity contribution >= 4 is 58.3 Å². The number of hydrogen-bond donors (Lipinski definition) is 2. The predicted octanol–water partition coefficient (Wildman–Crippen LogP) is 6.40. The van der Waals surface area contributed by atoms with E-state index in [1.807, 2.05) is 36.4 Å². The quantitative estimate of drug-likeness (QED) is 0.312. The van der Waals surface area contributed by atoms with Gasteiger partial charge >= 0.3 is 0 Å². The zero-order chi connectivity index (χ0) is 26.4. The van der Waals surface area contributed by atoms with Crippen molar-refractivity contribution in [2.24, 2.45) is 0 Å². The standard InChI is InChI=1S/C26H19ClF2N4O2S2/c27-17-8-6-16(7-9-17)23-32-24(35)21(14-30)25(33(23)19-4-2-1-3-5-19)36-15-22(34)31-18-10-12-20(13-11-18)37-26(28)29/h1-13,23,26H,15H2,(H,31,34)(H,32,35)/t23-/m1/s1. The maximum Gasteiger partial charge on any atom is 0.288 e. The fourth-order valence-corrected chi connectivity index (χ4v) is 5.22. The number of nitrogens with zero attached hydrogens (tertiary/aromatic N) is 2. The Labute approximate surface area is 225 Å². The Morgan fingerprint density at radius 1 is 1.08 bits per heavy atom. The summed E-state index contributed by atoms with van der Waals surface area (Å²) in [6.07, 6.45) is -0.644. The van der Waals surface area contributed by atoms with Gasteiger partial charge in [-0.1, -0.05) is 65.5 Å². The molecule has 1 aliphatic rings. The maximum absolute atomic E-state index is 12.9. The van der Waals surface area contributed by atoms with Crippen LogP contribution < -0.4 is 15.5 Å². The summed E-state index contributed by atoms with van der Waals surface area (Å²) >= 11 is 7.53. The van der Waals surface area contributed by atoms with Gasteiger partial charge in [0, 0.05) is 21.3 Å². The Morgan fingerprint density at radius 2 is 1.76 bits per heavy atom. The molecule has 0 unspecified atom stereocenters. The fraction of sp³-hybridized carbons (Fsp3) is 0.115. The van der Waals surface area contributed by atoms with E-state index >= 15 is 0 Å². The van der Waals surface area contributed by atoms with Crippen LogP contribution in [0.15, 0.2) is 94.4 Å². The predicted molar refractivity (Wildman–Crippen MR) is 143 cm³/mol. The van der Waals surface area contributed by atoms with Crippen molar-refractivity contribution in [3.05, 3.63) is 100 Å². The number of nitrogens with one attached hydrogen (secondary N) is 2. The summed E-state index contributed by atoms with van der Waals surface area (Å²) in [5, 5.41) is 16.3. The fourth-order valence-electron chi connectivity index (χ4n) is 3.62. The van der Waals surface area contributed by atoms with E-state index in [0.29, 0.717) is 38.1 Å². The van der Waals surface area contributed by atoms with E-state index in [1.54, 1.807) is 29.2 Å². The van der Waals surface area contributed by atoms with Crippen molar-refractivity contribution < 1.29 is 18.4 Å². The zero-order valence-corrected chi connectivity index (χ0v) is 21.4. The maximum atomic E-state index is 12.9. The molecular weight excluding hydrogens is 538 g/mol. The second kappa shape index (κ2) is 12.1. The Bertz CT molecular complexity index is 1350. The molecule has 3 aromatic rings. The highest BCUT2D eigenvalue weighted by atomic mass is 35.5. The monoisotopic (exact) mass is 556 g/mol. The molecule has 0 fully saturated rings. The number of nitriles is 1. The smallest absolute Gasteiger partial charge is 0.288 e. The third kappa shape index (κ3) is 6.63. The first kappa shape index (κ1) is 26.5. The summed E-state index contributed by atoms with van der Waals surface area (Å²) in [7, 11) is 0. The normalized spacial score (nSPS) is 15.4. The number of alkyl halides is 2. The van der Waals surface area contributed by atoms with Crippen LogP contribution in [0.25, 0.3) is 0 Å². The summed E-state index contributed by atoms with van der Waals surface area (Å²) < 4.78 is 25.1. The van der Waals surface area contributed by atoms with Gasteiger partial charge in [0.1, 0.15) is 22.8 Å². The highest BCUT2D eigenvalue weighted by Crippen LogP contribution is 2.39. The summed E-state index contributed by atoms with van der Waals surface area (Å²) in [5.74, 6) is -3.56. The third-order valence-corrected chi connectivity index (χ3v) is 7.28.